The molecule has 0 atom stereocenters. The predicted octanol–water partition coefficient (Wildman–Crippen LogP) is 4.01. The molecule has 0 unspecified atom stereocenters. The van der Waals surface area contributed by atoms with Crippen molar-refractivity contribution in [3.05, 3.63) is 71.7 Å². The number of benzene rings is 1. The number of ether oxygens (including phenoxy) is 1. The zero-order valence-corrected chi connectivity index (χ0v) is 14.4. The van der Waals surface area contributed by atoms with Crippen LogP contribution in [0.4, 0.5) is 5.82 Å². The molecule has 2 N–H and O–H groups in total. The smallest absolute Gasteiger partial charge is 0.342 e. The summed E-state index contributed by atoms with van der Waals surface area (Å²) in [5.74, 6) is -0.0226. The lowest BCUT2D eigenvalue weighted by atomic mass is 10.0. The fourth-order valence-corrected chi connectivity index (χ4v) is 2.30. The molecule has 132 valence electrons. The zero-order valence-electron chi connectivity index (χ0n) is 14.4. The van der Waals surface area contributed by atoms with E-state index in [4.69, 9.17) is 9.99 Å². The Morgan fingerprint density at radius 2 is 2.00 bits per heavy atom. The summed E-state index contributed by atoms with van der Waals surface area (Å²) in [5.41, 5.74) is 2.06. The second-order valence-corrected chi connectivity index (χ2v) is 6.04. The van der Waals surface area contributed by atoms with Crippen LogP contribution in [0.15, 0.2) is 55.1 Å². The summed E-state index contributed by atoms with van der Waals surface area (Å²) in [5, 5.41) is 11.3. The SMILES string of the molecule is C=C(Nc1ncc(CC(C)C)cc1C(=O)OCc1ccccc1)OO. The van der Waals surface area contributed by atoms with Crippen LogP contribution in [0.3, 0.4) is 0 Å². The number of pyridine rings is 1. The molecule has 1 aromatic carbocycles. The van der Waals surface area contributed by atoms with E-state index in [1.807, 2.05) is 30.3 Å². The standard InChI is InChI=1S/C19H22N2O4/c1-13(2)9-16-10-17(18(20-11-16)21-14(3)25-23)19(22)24-12-15-7-5-4-6-8-15/h4-8,10-11,13,23H,3,9,12H2,1-2H3,(H,20,21). The normalized spacial score (nSPS) is 10.4. The average molecular weight is 342 g/mol. The predicted molar refractivity (Wildman–Crippen MR) is 94.8 cm³/mol. The number of carbonyl (C=O) groups excluding carboxylic acids is 1. The number of hydrogen-bond donors (Lipinski definition) is 2. The molecule has 2 aromatic rings. The lowest BCUT2D eigenvalue weighted by Crippen LogP contribution is -2.13. The summed E-state index contributed by atoms with van der Waals surface area (Å²) in [6, 6.07) is 11.1. The Morgan fingerprint density at radius 1 is 1.28 bits per heavy atom. The van der Waals surface area contributed by atoms with Gasteiger partial charge in [-0.3, -0.25) is 0 Å². The monoisotopic (exact) mass is 342 g/mol. The largest absolute Gasteiger partial charge is 0.457 e. The van der Waals surface area contributed by atoms with Gasteiger partial charge < -0.3 is 14.9 Å². The molecule has 1 heterocycles. The Kier molecular flexibility index (Phi) is 6.54. The first-order chi connectivity index (χ1) is 12.0. The Balaban J connectivity index is 2.20. The van der Waals surface area contributed by atoms with Crippen LogP contribution in [-0.4, -0.2) is 16.2 Å². The molecule has 0 fully saturated rings. The van der Waals surface area contributed by atoms with Crippen LogP contribution >= 0.6 is 0 Å². The molecule has 2 rings (SSSR count). The lowest BCUT2D eigenvalue weighted by molar-refractivity contribution is -0.200. The maximum absolute atomic E-state index is 12.5. The van der Waals surface area contributed by atoms with E-state index in [2.05, 4.69) is 35.6 Å². The second-order valence-electron chi connectivity index (χ2n) is 6.04. The van der Waals surface area contributed by atoms with Gasteiger partial charge in [-0.25, -0.2) is 15.0 Å². The van der Waals surface area contributed by atoms with Gasteiger partial charge in [0.2, 0.25) is 5.88 Å². The van der Waals surface area contributed by atoms with Crippen LogP contribution in [0.25, 0.3) is 0 Å². The molecule has 1 aromatic heterocycles. The van der Waals surface area contributed by atoms with Crippen molar-refractivity contribution in [1.29, 1.82) is 0 Å². The van der Waals surface area contributed by atoms with Gasteiger partial charge in [-0.2, -0.15) is 0 Å². The van der Waals surface area contributed by atoms with Crippen molar-refractivity contribution in [2.45, 2.75) is 26.9 Å². The molecule has 0 aliphatic rings. The molecule has 0 radical (unpaired) electrons. The van der Waals surface area contributed by atoms with E-state index in [1.165, 1.54) is 0 Å². The first kappa shape index (κ1) is 18.5. The van der Waals surface area contributed by atoms with E-state index in [0.29, 0.717) is 5.92 Å². The summed E-state index contributed by atoms with van der Waals surface area (Å²) in [4.78, 5) is 20.8. The van der Waals surface area contributed by atoms with Crippen LogP contribution in [-0.2, 0) is 22.7 Å². The summed E-state index contributed by atoms with van der Waals surface area (Å²) in [6.07, 6.45) is 2.45. The first-order valence-corrected chi connectivity index (χ1v) is 7.97. The average Bonchev–Trinajstić information content (AvgIpc) is 2.61. The lowest BCUT2D eigenvalue weighted by Gasteiger charge is -2.13. The number of rotatable bonds is 8. The molecule has 0 bridgehead atoms. The maximum Gasteiger partial charge on any atom is 0.342 e. The second kappa shape index (κ2) is 8.84. The fourth-order valence-electron chi connectivity index (χ4n) is 2.30. The molecular formula is C19H22N2O4. The molecule has 0 saturated heterocycles. The van der Waals surface area contributed by atoms with E-state index in [9.17, 15) is 4.79 Å². The molecule has 6 heteroatoms. The number of anilines is 1. The van der Waals surface area contributed by atoms with Crippen molar-refractivity contribution in [2.24, 2.45) is 5.92 Å². The number of esters is 1. The Morgan fingerprint density at radius 3 is 2.64 bits per heavy atom. The first-order valence-electron chi connectivity index (χ1n) is 7.97. The van der Waals surface area contributed by atoms with Crippen LogP contribution < -0.4 is 5.32 Å². The minimum atomic E-state index is -0.518. The third kappa shape index (κ3) is 5.61. The van der Waals surface area contributed by atoms with E-state index >= 15 is 0 Å². The number of aromatic nitrogens is 1. The quantitative estimate of drug-likeness (QED) is 0.326. The van der Waals surface area contributed by atoms with Crippen molar-refractivity contribution in [1.82, 2.24) is 4.98 Å². The minimum Gasteiger partial charge on any atom is -0.457 e. The van der Waals surface area contributed by atoms with E-state index in [-0.39, 0.29) is 23.9 Å². The number of nitrogens with zero attached hydrogens (tertiary/aromatic N) is 1. The molecule has 0 aliphatic heterocycles. The van der Waals surface area contributed by atoms with E-state index in [1.54, 1.807) is 12.3 Å². The highest BCUT2D eigenvalue weighted by molar-refractivity contribution is 5.95. The van der Waals surface area contributed by atoms with Gasteiger partial charge in [0, 0.05) is 6.20 Å². The zero-order chi connectivity index (χ0) is 18.2. The Labute approximate surface area is 147 Å². The highest BCUT2D eigenvalue weighted by atomic mass is 17.1. The Hall–Kier alpha value is -2.86. The van der Waals surface area contributed by atoms with Crippen LogP contribution in [0.2, 0.25) is 0 Å². The highest BCUT2D eigenvalue weighted by Gasteiger charge is 2.17. The molecule has 0 spiro atoms. The van der Waals surface area contributed by atoms with E-state index < -0.39 is 5.97 Å². The summed E-state index contributed by atoms with van der Waals surface area (Å²) < 4.78 is 5.38. The summed E-state index contributed by atoms with van der Waals surface area (Å²) in [6.45, 7) is 7.78. The van der Waals surface area contributed by atoms with Gasteiger partial charge in [0.1, 0.15) is 18.0 Å². The molecule has 6 nitrogen and oxygen atoms in total. The summed E-state index contributed by atoms with van der Waals surface area (Å²) in [7, 11) is 0. The molecule has 0 saturated carbocycles. The third-order valence-electron chi connectivity index (χ3n) is 3.39. The van der Waals surface area contributed by atoms with E-state index in [0.717, 1.165) is 17.5 Å². The molecule has 25 heavy (non-hydrogen) atoms. The number of hydrogen-bond acceptors (Lipinski definition) is 6. The number of carbonyl (C=O) groups is 1. The van der Waals surface area contributed by atoms with Crippen LogP contribution in [0.5, 0.6) is 0 Å². The third-order valence-corrected chi connectivity index (χ3v) is 3.39. The molecule has 0 aliphatic carbocycles. The number of nitrogens with one attached hydrogen (secondary N) is 1. The Bertz CT molecular complexity index is 729. The minimum absolute atomic E-state index is 0.138. The fraction of sp³-hybridized carbons (Fsp3) is 0.263. The van der Waals surface area contributed by atoms with Crippen molar-refractivity contribution >= 4 is 11.8 Å². The maximum atomic E-state index is 12.5. The highest BCUT2D eigenvalue weighted by Crippen LogP contribution is 2.20. The van der Waals surface area contributed by atoms with Gasteiger partial charge in [-0.1, -0.05) is 44.2 Å². The molecule has 0 amide bonds. The molecular weight excluding hydrogens is 320 g/mol. The van der Waals surface area contributed by atoms with Crippen LogP contribution in [0, 0.1) is 5.92 Å². The van der Waals surface area contributed by atoms with Crippen molar-refractivity contribution < 1.29 is 19.7 Å². The van der Waals surface area contributed by atoms with Gasteiger partial charge in [0.25, 0.3) is 0 Å². The van der Waals surface area contributed by atoms with Crippen molar-refractivity contribution in [2.75, 3.05) is 5.32 Å². The van der Waals surface area contributed by atoms with Gasteiger partial charge in [-0.15, -0.1) is 0 Å². The van der Waals surface area contributed by atoms with Crippen molar-refractivity contribution in [3.8, 4) is 0 Å². The van der Waals surface area contributed by atoms with Crippen LogP contribution in [0.1, 0.15) is 35.3 Å². The van der Waals surface area contributed by atoms with Gasteiger partial charge in [0.15, 0.2) is 0 Å². The van der Waals surface area contributed by atoms with Crippen molar-refractivity contribution in [3.63, 3.8) is 0 Å². The van der Waals surface area contributed by atoms with Gasteiger partial charge in [0.05, 0.1) is 0 Å². The summed E-state index contributed by atoms with van der Waals surface area (Å²) >= 11 is 0. The topological polar surface area (TPSA) is 80.7 Å². The van der Waals surface area contributed by atoms with Gasteiger partial charge >= 0.3 is 5.97 Å². The van der Waals surface area contributed by atoms with Gasteiger partial charge in [-0.05, 0) is 36.1 Å².